The number of rotatable bonds is 5. The highest BCUT2D eigenvalue weighted by molar-refractivity contribution is 5.88. The summed E-state index contributed by atoms with van der Waals surface area (Å²) in [6, 6.07) is 14.9. The van der Waals surface area contributed by atoms with Gasteiger partial charge in [0, 0.05) is 38.1 Å². The third kappa shape index (κ3) is 4.11. The van der Waals surface area contributed by atoms with Crippen molar-refractivity contribution < 1.29 is 9.90 Å². The number of carboxylic acid groups (broad SMARTS) is 1. The van der Waals surface area contributed by atoms with Crippen molar-refractivity contribution >= 4 is 22.7 Å². The molecule has 3 N–H and O–H groups in total. The van der Waals surface area contributed by atoms with Crippen molar-refractivity contribution in [1.29, 1.82) is 0 Å². The molecule has 1 aliphatic rings. The molecular weight excluding hydrogens is 354 g/mol. The molecule has 0 radical (unpaired) electrons. The van der Waals surface area contributed by atoms with Crippen molar-refractivity contribution in [3.63, 3.8) is 0 Å². The Labute approximate surface area is 163 Å². The minimum absolute atomic E-state index is 0.335. The van der Waals surface area contributed by atoms with E-state index in [1.807, 2.05) is 30.3 Å². The maximum Gasteiger partial charge on any atom is 0.335 e. The van der Waals surface area contributed by atoms with Crippen LogP contribution in [-0.2, 0) is 13.1 Å². The molecule has 0 bridgehead atoms. The Balaban J connectivity index is 1.36. The van der Waals surface area contributed by atoms with Gasteiger partial charge < -0.3 is 10.8 Å². The highest BCUT2D eigenvalue weighted by Crippen LogP contribution is 2.18. The topological polar surface area (TPSA) is 95.6 Å². The molecule has 1 aliphatic heterocycles. The van der Waals surface area contributed by atoms with Crippen LogP contribution in [0.1, 0.15) is 21.7 Å². The Morgan fingerprint density at radius 2 is 1.68 bits per heavy atom. The van der Waals surface area contributed by atoms with Crippen molar-refractivity contribution in [3.8, 4) is 0 Å². The third-order valence-corrected chi connectivity index (χ3v) is 5.09. The van der Waals surface area contributed by atoms with Gasteiger partial charge in [0.05, 0.1) is 17.6 Å². The molecule has 3 aromatic rings. The molecule has 0 atom stereocenters. The number of hydrogen-bond acceptors (Lipinski definition) is 6. The Hall–Kier alpha value is -3.03. The molecular formula is C21H23N5O2. The lowest BCUT2D eigenvalue weighted by molar-refractivity contribution is 0.0696. The average Bonchev–Trinajstić information content (AvgIpc) is 2.70. The second kappa shape index (κ2) is 7.92. The molecule has 1 fully saturated rings. The van der Waals surface area contributed by atoms with Crippen LogP contribution in [0.25, 0.3) is 10.9 Å². The van der Waals surface area contributed by atoms with Crippen molar-refractivity contribution in [2.75, 3.05) is 31.9 Å². The number of piperazine rings is 1. The normalized spacial score (nSPS) is 15.7. The van der Waals surface area contributed by atoms with Gasteiger partial charge in [-0.3, -0.25) is 9.80 Å². The Bertz CT molecular complexity index is 999. The zero-order chi connectivity index (χ0) is 19.5. The van der Waals surface area contributed by atoms with Crippen LogP contribution < -0.4 is 5.73 Å². The number of aromatic carboxylic acids is 1. The van der Waals surface area contributed by atoms with Gasteiger partial charge in [-0.05, 0) is 29.8 Å². The summed E-state index contributed by atoms with van der Waals surface area (Å²) in [6.45, 7) is 5.09. The molecule has 2 aromatic carbocycles. The third-order valence-electron chi connectivity index (χ3n) is 5.09. The molecule has 0 unspecified atom stereocenters. The highest BCUT2D eigenvalue weighted by atomic mass is 16.4. The number of nitrogens with zero attached hydrogens (tertiary/aromatic N) is 4. The monoisotopic (exact) mass is 377 g/mol. The number of carbonyl (C=O) groups is 1. The summed E-state index contributed by atoms with van der Waals surface area (Å²) in [5.41, 5.74) is 8.32. The molecule has 1 saturated heterocycles. The van der Waals surface area contributed by atoms with E-state index in [1.54, 1.807) is 18.2 Å². The van der Waals surface area contributed by atoms with Gasteiger partial charge in [-0.2, -0.15) is 0 Å². The molecule has 0 saturated carbocycles. The van der Waals surface area contributed by atoms with Gasteiger partial charge in [0.25, 0.3) is 0 Å². The minimum atomic E-state index is -0.888. The molecule has 1 aromatic heterocycles. The van der Waals surface area contributed by atoms with Gasteiger partial charge in [0.2, 0.25) is 0 Å². The SMILES string of the molecule is Nc1nc(CN2CCN(Cc3cccc(C(=O)O)c3)CC2)nc2ccccc12. The van der Waals surface area contributed by atoms with Crippen molar-refractivity contribution in [3.05, 3.63) is 65.5 Å². The molecule has 2 heterocycles. The number of carboxylic acids is 1. The number of aromatic nitrogens is 2. The zero-order valence-corrected chi connectivity index (χ0v) is 15.6. The lowest BCUT2D eigenvalue weighted by atomic mass is 10.1. The summed E-state index contributed by atoms with van der Waals surface area (Å²) in [5.74, 6) is 0.387. The predicted molar refractivity (Wildman–Crippen MR) is 108 cm³/mol. The fourth-order valence-electron chi connectivity index (χ4n) is 3.59. The minimum Gasteiger partial charge on any atom is -0.478 e. The van der Waals surface area contributed by atoms with Crippen molar-refractivity contribution in [2.24, 2.45) is 0 Å². The van der Waals surface area contributed by atoms with E-state index >= 15 is 0 Å². The fraction of sp³-hybridized carbons (Fsp3) is 0.286. The van der Waals surface area contributed by atoms with E-state index in [0.29, 0.717) is 17.9 Å². The predicted octanol–water partition coefficient (Wildman–Crippen LogP) is 2.23. The van der Waals surface area contributed by atoms with Crippen LogP contribution in [0.5, 0.6) is 0 Å². The van der Waals surface area contributed by atoms with Gasteiger partial charge >= 0.3 is 5.97 Å². The molecule has 0 aliphatic carbocycles. The summed E-state index contributed by atoms with van der Waals surface area (Å²) in [5, 5.41) is 10.0. The second-order valence-electron chi connectivity index (χ2n) is 7.10. The standard InChI is InChI=1S/C21H23N5O2/c22-20-17-6-1-2-7-18(17)23-19(24-20)14-26-10-8-25(9-11-26)13-15-4-3-5-16(12-15)21(27)28/h1-7,12H,8-11,13-14H2,(H,27,28)(H2,22,23,24). The van der Waals surface area contributed by atoms with Crippen molar-refractivity contribution in [1.82, 2.24) is 19.8 Å². The first kappa shape index (κ1) is 18.3. The quantitative estimate of drug-likeness (QED) is 0.704. The van der Waals surface area contributed by atoms with Crippen LogP contribution in [0.4, 0.5) is 5.82 Å². The number of fused-ring (bicyclic) bond motifs is 1. The molecule has 144 valence electrons. The Morgan fingerprint density at radius 1 is 0.964 bits per heavy atom. The number of anilines is 1. The highest BCUT2D eigenvalue weighted by Gasteiger charge is 2.19. The van der Waals surface area contributed by atoms with Gasteiger partial charge in [-0.1, -0.05) is 24.3 Å². The summed E-state index contributed by atoms with van der Waals surface area (Å²) < 4.78 is 0. The molecule has 28 heavy (non-hydrogen) atoms. The van der Waals surface area contributed by atoms with Crippen LogP contribution in [0.3, 0.4) is 0 Å². The van der Waals surface area contributed by atoms with Crippen LogP contribution in [-0.4, -0.2) is 57.0 Å². The second-order valence-corrected chi connectivity index (χ2v) is 7.10. The van der Waals surface area contributed by atoms with Crippen LogP contribution in [0.2, 0.25) is 0 Å². The molecule has 7 heteroatoms. The molecule has 0 amide bonds. The smallest absolute Gasteiger partial charge is 0.335 e. The Kier molecular flexibility index (Phi) is 5.18. The summed E-state index contributed by atoms with van der Waals surface area (Å²) in [6.07, 6.45) is 0. The van der Waals surface area contributed by atoms with E-state index in [1.165, 1.54) is 0 Å². The van der Waals surface area contributed by atoms with Crippen LogP contribution in [0, 0.1) is 0 Å². The van der Waals surface area contributed by atoms with E-state index in [4.69, 9.17) is 10.8 Å². The van der Waals surface area contributed by atoms with Gasteiger partial charge in [0.1, 0.15) is 11.6 Å². The lowest BCUT2D eigenvalue weighted by Gasteiger charge is -2.34. The first-order valence-corrected chi connectivity index (χ1v) is 9.36. The lowest BCUT2D eigenvalue weighted by Crippen LogP contribution is -2.45. The van der Waals surface area contributed by atoms with Crippen molar-refractivity contribution in [2.45, 2.75) is 13.1 Å². The maximum atomic E-state index is 11.1. The van der Waals surface area contributed by atoms with Crippen LogP contribution in [0.15, 0.2) is 48.5 Å². The number of hydrogen-bond donors (Lipinski definition) is 2. The summed E-state index contributed by atoms with van der Waals surface area (Å²) in [4.78, 5) is 24.9. The van der Waals surface area contributed by atoms with E-state index in [-0.39, 0.29) is 0 Å². The van der Waals surface area contributed by atoms with E-state index in [0.717, 1.165) is 55.0 Å². The summed E-state index contributed by atoms with van der Waals surface area (Å²) >= 11 is 0. The van der Waals surface area contributed by atoms with Gasteiger partial charge in [0.15, 0.2) is 0 Å². The maximum absolute atomic E-state index is 11.1. The molecule has 4 rings (SSSR count). The van der Waals surface area contributed by atoms with Crippen LogP contribution >= 0.6 is 0 Å². The van der Waals surface area contributed by atoms with Gasteiger partial charge in [-0.15, -0.1) is 0 Å². The largest absolute Gasteiger partial charge is 0.478 e. The average molecular weight is 377 g/mol. The number of nitrogens with two attached hydrogens (primary N) is 1. The Morgan fingerprint density at radius 3 is 2.43 bits per heavy atom. The zero-order valence-electron chi connectivity index (χ0n) is 15.6. The molecule has 7 nitrogen and oxygen atoms in total. The van der Waals surface area contributed by atoms with E-state index in [2.05, 4.69) is 19.8 Å². The number of nitrogen functional groups attached to an aromatic ring is 1. The van der Waals surface area contributed by atoms with E-state index in [9.17, 15) is 4.79 Å². The summed E-state index contributed by atoms with van der Waals surface area (Å²) in [7, 11) is 0. The first-order chi connectivity index (χ1) is 13.6. The van der Waals surface area contributed by atoms with E-state index < -0.39 is 5.97 Å². The molecule has 0 spiro atoms. The number of para-hydroxylation sites is 1. The number of benzene rings is 2. The van der Waals surface area contributed by atoms with Gasteiger partial charge in [-0.25, -0.2) is 14.8 Å². The first-order valence-electron chi connectivity index (χ1n) is 9.36. The fourth-order valence-corrected chi connectivity index (χ4v) is 3.59.